The Morgan fingerprint density at radius 3 is 2.33 bits per heavy atom. The molecular formula is C16H17N4S+. The average molecular weight is 297 g/mol. The summed E-state index contributed by atoms with van der Waals surface area (Å²) in [5.41, 5.74) is 1.24. The van der Waals surface area contributed by atoms with Crippen molar-refractivity contribution in [2.24, 2.45) is 0 Å². The first kappa shape index (κ1) is 15.0. The van der Waals surface area contributed by atoms with Crippen LogP contribution in [-0.2, 0) is 6.54 Å². The molecule has 2 aromatic rings. The van der Waals surface area contributed by atoms with Crippen molar-refractivity contribution in [2.75, 3.05) is 18.0 Å². The van der Waals surface area contributed by atoms with Crippen LogP contribution in [0.4, 0.5) is 5.13 Å². The topological polar surface area (TPSA) is 54.7 Å². The van der Waals surface area contributed by atoms with E-state index in [-0.39, 0.29) is 0 Å². The molecule has 0 radical (unpaired) electrons. The van der Waals surface area contributed by atoms with Gasteiger partial charge < -0.3 is 0 Å². The molecule has 1 aromatic heterocycles. The Hall–Kier alpha value is -2.37. The number of nitriles is 2. The van der Waals surface area contributed by atoms with Gasteiger partial charge in [-0.1, -0.05) is 41.7 Å². The summed E-state index contributed by atoms with van der Waals surface area (Å²) in [6, 6.07) is 14.6. The molecule has 0 aliphatic heterocycles. The van der Waals surface area contributed by atoms with E-state index in [1.165, 1.54) is 5.56 Å². The molecule has 1 aromatic carbocycles. The van der Waals surface area contributed by atoms with Gasteiger partial charge in [-0.25, -0.2) is 4.57 Å². The number of hydrogen-bond donors (Lipinski definition) is 0. The molecule has 0 fully saturated rings. The van der Waals surface area contributed by atoms with E-state index in [1.54, 1.807) is 11.3 Å². The van der Waals surface area contributed by atoms with E-state index in [0.717, 1.165) is 11.7 Å². The molecule has 0 bridgehead atoms. The second-order valence-corrected chi connectivity index (χ2v) is 5.48. The zero-order valence-electron chi connectivity index (χ0n) is 11.8. The smallest absolute Gasteiger partial charge is 0.250 e. The Labute approximate surface area is 129 Å². The second kappa shape index (κ2) is 8.04. The highest BCUT2D eigenvalue weighted by atomic mass is 32.1. The highest BCUT2D eigenvalue weighted by Gasteiger charge is 2.20. The fourth-order valence-corrected chi connectivity index (χ4v) is 3.05. The minimum absolute atomic E-state index is 0.467. The molecule has 0 atom stereocenters. The molecule has 0 saturated heterocycles. The van der Waals surface area contributed by atoms with Crippen LogP contribution >= 0.6 is 11.3 Å². The van der Waals surface area contributed by atoms with Crippen molar-refractivity contribution in [3.05, 3.63) is 47.5 Å². The summed E-state index contributed by atoms with van der Waals surface area (Å²) >= 11 is 1.65. The fourth-order valence-electron chi connectivity index (χ4n) is 2.13. The maximum absolute atomic E-state index is 8.80. The minimum atomic E-state index is 0.467. The van der Waals surface area contributed by atoms with Crippen LogP contribution in [0.15, 0.2) is 41.9 Å². The largest absolute Gasteiger partial charge is 0.336 e. The number of anilines is 1. The Morgan fingerprint density at radius 1 is 1.05 bits per heavy atom. The lowest BCUT2D eigenvalue weighted by molar-refractivity contribution is -0.671. The zero-order valence-corrected chi connectivity index (χ0v) is 12.6. The number of aromatic nitrogens is 1. The van der Waals surface area contributed by atoms with Gasteiger partial charge in [0.2, 0.25) is 0 Å². The van der Waals surface area contributed by atoms with Gasteiger partial charge in [0.15, 0.2) is 0 Å². The molecule has 5 heteroatoms. The monoisotopic (exact) mass is 297 g/mol. The zero-order chi connectivity index (χ0) is 14.9. The van der Waals surface area contributed by atoms with Crippen LogP contribution < -0.4 is 9.47 Å². The van der Waals surface area contributed by atoms with Gasteiger partial charge in [0.25, 0.3) is 0 Å². The molecule has 0 aliphatic rings. The summed E-state index contributed by atoms with van der Waals surface area (Å²) in [6.07, 6.45) is 2.99. The van der Waals surface area contributed by atoms with E-state index in [2.05, 4.69) is 39.9 Å². The van der Waals surface area contributed by atoms with Crippen LogP contribution in [0, 0.1) is 22.7 Å². The van der Waals surface area contributed by atoms with Crippen molar-refractivity contribution in [1.82, 2.24) is 0 Å². The summed E-state index contributed by atoms with van der Waals surface area (Å²) in [4.78, 5) is 2.13. The Balaban J connectivity index is 2.16. The van der Waals surface area contributed by atoms with E-state index >= 15 is 0 Å². The van der Waals surface area contributed by atoms with Crippen LogP contribution in [-0.4, -0.2) is 13.1 Å². The molecule has 0 unspecified atom stereocenters. The first-order valence-electron chi connectivity index (χ1n) is 6.85. The van der Waals surface area contributed by atoms with Crippen molar-refractivity contribution < 1.29 is 4.57 Å². The molecule has 0 spiro atoms. The first-order chi connectivity index (χ1) is 10.3. The molecule has 2 rings (SSSR count). The molecule has 4 nitrogen and oxygen atoms in total. The third-order valence-electron chi connectivity index (χ3n) is 3.11. The SMILES string of the molecule is N#CCCN(CCC#N)c1scc[n+]1Cc1ccccc1. The van der Waals surface area contributed by atoms with Gasteiger partial charge in [-0.3, -0.25) is 4.90 Å². The average Bonchev–Trinajstić information content (AvgIpc) is 2.96. The van der Waals surface area contributed by atoms with Crippen LogP contribution in [0.2, 0.25) is 0 Å². The molecule has 0 amide bonds. The van der Waals surface area contributed by atoms with Gasteiger partial charge in [0, 0.05) is 5.38 Å². The fraction of sp³-hybridized carbons (Fsp3) is 0.312. The molecule has 0 N–H and O–H groups in total. The third-order valence-corrected chi connectivity index (χ3v) is 4.07. The molecule has 0 saturated carbocycles. The summed E-state index contributed by atoms with van der Waals surface area (Å²) in [6.45, 7) is 2.12. The van der Waals surface area contributed by atoms with Crippen molar-refractivity contribution in [2.45, 2.75) is 19.4 Å². The third kappa shape index (κ3) is 4.30. The highest BCUT2D eigenvalue weighted by Crippen LogP contribution is 2.17. The summed E-state index contributed by atoms with van der Waals surface area (Å²) < 4.78 is 2.18. The number of hydrogen-bond acceptors (Lipinski definition) is 4. The number of rotatable bonds is 7. The van der Waals surface area contributed by atoms with E-state index in [9.17, 15) is 0 Å². The first-order valence-corrected chi connectivity index (χ1v) is 7.73. The van der Waals surface area contributed by atoms with Crippen molar-refractivity contribution in [3.63, 3.8) is 0 Å². The maximum atomic E-state index is 8.80. The maximum Gasteiger partial charge on any atom is 0.336 e. The highest BCUT2D eigenvalue weighted by molar-refractivity contribution is 7.13. The number of thiazole rings is 1. The standard InChI is InChI=1S/C16H17N4S/c17-8-4-10-19(11-5-9-18)16-20(12-13-21-16)14-15-6-2-1-3-7-15/h1-3,6-7,12-13H,4-5,10-11,14H2/q+1. The van der Waals surface area contributed by atoms with Gasteiger partial charge in [-0.05, 0) is 5.56 Å². The minimum Gasteiger partial charge on any atom is -0.250 e. The van der Waals surface area contributed by atoms with Crippen LogP contribution in [0.5, 0.6) is 0 Å². The van der Waals surface area contributed by atoms with Crippen molar-refractivity contribution in [1.29, 1.82) is 10.5 Å². The quantitative estimate of drug-likeness (QED) is 0.738. The normalized spacial score (nSPS) is 9.81. The molecule has 21 heavy (non-hydrogen) atoms. The van der Waals surface area contributed by atoms with Gasteiger partial charge in [-0.15, -0.1) is 0 Å². The van der Waals surface area contributed by atoms with E-state index < -0.39 is 0 Å². The van der Waals surface area contributed by atoms with Gasteiger partial charge in [-0.2, -0.15) is 10.5 Å². The van der Waals surface area contributed by atoms with Gasteiger partial charge in [0.1, 0.15) is 12.7 Å². The Kier molecular flexibility index (Phi) is 5.75. The number of benzene rings is 1. The predicted octanol–water partition coefficient (Wildman–Crippen LogP) is 2.72. The predicted molar refractivity (Wildman–Crippen MR) is 82.7 cm³/mol. The van der Waals surface area contributed by atoms with E-state index in [1.807, 2.05) is 23.6 Å². The van der Waals surface area contributed by atoms with Gasteiger partial charge in [0.05, 0.1) is 38.1 Å². The van der Waals surface area contributed by atoms with Crippen LogP contribution in [0.1, 0.15) is 18.4 Å². The Bertz CT molecular complexity index is 618. The van der Waals surface area contributed by atoms with Crippen molar-refractivity contribution >= 4 is 16.5 Å². The lowest BCUT2D eigenvalue weighted by Crippen LogP contribution is -2.40. The van der Waals surface area contributed by atoms with E-state index in [0.29, 0.717) is 25.9 Å². The number of nitrogens with zero attached hydrogens (tertiary/aromatic N) is 4. The summed E-state index contributed by atoms with van der Waals surface area (Å²) in [7, 11) is 0. The van der Waals surface area contributed by atoms with Gasteiger partial charge >= 0.3 is 5.13 Å². The molecule has 106 valence electrons. The lowest BCUT2D eigenvalue weighted by Gasteiger charge is -2.14. The molecule has 0 aliphatic carbocycles. The lowest BCUT2D eigenvalue weighted by atomic mass is 10.2. The molecular weight excluding hydrogens is 280 g/mol. The summed E-state index contributed by atoms with van der Waals surface area (Å²) in [5, 5.41) is 20.7. The molecule has 1 heterocycles. The van der Waals surface area contributed by atoms with E-state index in [4.69, 9.17) is 10.5 Å². The van der Waals surface area contributed by atoms with Crippen molar-refractivity contribution in [3.8, 4) is 12.1 Å². The Morgan fingerprint density at radius 2 is 1.71 bits per heavy atom. The van der Waals surface area contributed by atoms with Crippen LogP contribution in [0.3, 0.4) is 0 Å². The van der Waals surface area contributed by atoms with Crippen LogP contribution in [0.25, 0.3) is 0 Å². The second-order valence-electron chi connectivity index (χ2n) is 4.60. The summed E-state index contributed by atoms with van der Waals surface area (Å²) in [5.74, 6) is 0.